The molecule has 1 saturated heterocycles. The first kappa shape index (κ1) is 15.3. The minimum atomic E-state index is 0.179. The molecule has 1 heterocycles. The Morgan fingerprint density at radius 2 is 2.15 bits per heavy atom. The quantitative estimate of drug-likeness (QED) is 0.860. The lowest BCUT2D eigenvalue weighted by atomic mass is 10.1. The van der Waals surface area contributed by atoms with Gasteiger partial charge in [0.25, 0.3) is 0 Å². The van der Waals surface area contributed by atoms with E-state index in [-0.39, 0.29) is 6.10 Å². The molecule has 112 valence electrons. The fourth-order valence-corrected chi connectivity index (χ4v) is 2.55. The number of hydrogen-bond acceptors (Lipinski definition) is 4. The van der Waals surface area contributed by atoms with Crippen LogP contribution in [0.15, 0.2) is 18.2 Å². The molecule has 1 aliphatic rings. The zero-order chi connectivity index (χ0) is 14.4. The molecule has 0 saturated carbocycles. The van der Waals surface area contributed by atoms with Gasteiger partial charge in [-0.1, -0.05) is 12.1 Å². The highest BCUT2D eigenvalue weighted by Crippen LogP contribution is 2.22. The number of nitrogens with two attached hydrogens (primary N) is 1. The summed E-state index contributed by atoms with van der Waals surface area (Å²) in [6.07, 6.45) is 1.40. The Labute approximate surface area is 122 Å². The number of nitrogens with zero attached hydrogens (tertiary/aromatic N) is 1. The molecule has 0 radical (unpaired) electrons. The number of rotatable bonds is 5. The summed E-state index contributed by atoms with van der Waals surface area (Å²) in [6, 6.07) is 6.43. The summed E-state index contributed by atoms with van der Waals surface area (Å²) in [4.78, 5) is 2.50. The van der Waals surface area contributed by atoms with Crippen molar-refractivity contribution >= 4 is 0 Å². The van der Waals surface area contributed by atoms with Gasteiger partial charge in [-0.15, -0.1) is 0 Å². The molecule has 20 heavy (non-hydrogen) atoms. The number of nitrogens with one attached hydrogen (secondary N) is 1. The fraction of sp³-hybridized carbons (Fsp3) is 0.625. The molecule has 0 amide bonds. The zero-order valence-electron chi connectivity index (χ0n) is 12.7. The average Bonchev–Trinajstić information content (AvgIpc) is 2.67. The lowest BCUT2D eigenvalue weighted by Gasteiger charge is -2.21. The summed E-state index contributed by atoms with van der Waals surface area (Å²) in [5.41, 5.74) is 8.17. The minimum absolute atomic E-state index is 0.179. The third-order valence-electron chi connectivity index (χ3n) is 3.55. The molecular formula is C16H27N3O. The van der Waals surface area contributed by atoms with Crippen LogP contribution in [0.3, 0.4) is 0 Å². The van der Waals surface area contributed by atoms with Crippen LogP contribution in [0.5, 0.6) is 5.75 Å². The van der Waals surface area contributed by atoms with Crippen molar-refractivity contribution < 1.29 is 4.74 Å². The topological polar surface area (TPSA) is 50.5 Å². The Morgan fingerprint density at radius 1 is 1.30 bits per heavy atom. The lowest BCUT2D eigenvalue weighted by Crippen LogP contribution is -2.27. The second-order valence-corrected chi connectivity index (χ2v) is 5.69. The van der Waals surface area contributed by atoms with Gasteiger partial charge >= 0.3 is 0 Å². The highest BCUT2D eigenvalue weighted by atomic mass is 16.5. The molecule has 4 nitrogen and oxygen atoms in total. The highest BCUT2D eigenvalue weighted by molar-refractivity contribution is 5.37. The molecular weight excluding hydrogens is 250 g/mol. The van der Waals surface area contributed by atoms with Crippen LogP contribution in [0, 0.1) is 0 Å². The van der Waals surface area contributed by atoms with Crippen LogP contribution < -0.4 is 15.8 Å². The summed E-state index contributed by atoms with van der Waals surface area (Å²) in [6.45, 7) is 10.1. The van der Waals surface area contributed by atoms with Gasteiger partial charge in [-0.3, -0.25) is 4.90 Å². The van der Waals surface area contributed by atoms with Crippen LogP contribution in [0.2, 0.25) is 0 Å². The van der Waals surface area contributed by atoms with Crippen molar-refractivity contribution in [3.8, 4) is 5.75 Å². The van der Waals surface area contributed by atoms with E-state index >= 15 is 0 Å². The van der Waals surface area contributed by atoms with Gasteiger partial charge < -0.3 is 15.8 Å². The third-order valence-corrected chi connectivity index (χ3v) is 3.55. The second kappa shape index (κ2) is 7.62. The molecule has 1 aliphatic heterocycles. The van der Waals surface area contributed by atoms with Crippen LogP contribution in [0.4, 0.5) is 0 Å². The van der Waals surface area contributed by atoms with Crippen LogP contribution in [-0.2, 0) is 13.1 Å². The van der Waals surface area contributed by atoms with Crippen molar-refractivity contribution in [2.45, 2.75) is 39.5 Å². The van der Waals surface area contributed by atoms with E-state index in [4.69, 9.17) is 10.5 Å². The molecule has 0 unspecified atom stereocenters. The largest absolute Gasteiger partial charge is 0.491 e. The molecule has 1 fully saturated rings. The highest BCUT2D eigenvalue weighted by Gasteiger charge is 2.11. The average molecular weight is 277 g/mol. The maximum absolute atomic E-state index is 5.88. The van der Waals surface area contributed by atoms with Crippen LogP contribution in [0.1, 0.15) is 31.4 Å². The van der Waals surface area contributed by atoms with Crippen molar-refractivity contribution in [1.82, 2.24) is 10.2 Å². The summed E-state index contributed by atoms with van der Waals surface area (Å²) in [5.74, 6) is 0.938. The number of ether oxygens (including phenoxy) is 1. The maximum atomic E-state index is 5.88. The van der Waals surface area contributed by atoms with Crippen molar-refractivity contribution in [3.63, 3.8) is 0 Å². The molecule has 1 aromatic rings. The third kappa shape index (κ3) is 4.47. The Hall–Kier alpha value is -1.10. The summed E-state index contributed by atoms with van der Waals surface area (Å²) in [7, 11) is 0. The molecule has 0 bridgehead atoms. The van der Waals surface area contributed by atoms with Gasteiger partial charge in [-0.05, 0) is 45.0 Å². The van der Waals surface area contributed by atoms with Gasteiger partial charge in [0.1, 0.15) is 5.75 Å². The van der Waals surface area contributed by atoms with Gasteiger partial charge in [0.15, 0.2) is 0 Å². The normalized spacial score (nSPS) is 17.2. The fourth-order valence-electron chi connectivity index (χ4n) is 2.55. The first-order valence-electron chi connectivity index (χ1n) is 7.60. The van der Waals surface area contributed by atoms with E-state index in [1.54, 1.807) is 0 Å². The molecule has 0 aliphatic carbocycles. The van der Waals surface area contributed by atoms with E-state index in [1.807, 2.05) is 13.8 Å². The molecule has 0 atom stereocenters. The van der Waals surface area contributed by atoms with Crippen LogP contribution in [0.25, 0.3) is 0 Å². The van der Waals surface area contributed by atoms with Gasteiger partial charge in [0, 0.05) is 31.7 Å². The first-order chi connectivity index (χ1) is 9.69. The van der Waals surface area contributed by atoms with Gasteiger partial charge in [0.2, 0.25) is 0 Å². The Kier molecular flexibility index (Phi) is 5.83. The molecule has 4 heteroatoms. The van der Waals surface area contributed by atoms with Crippen LogP contribution in [-0.4, -0.2) is 37.2 Å². The monoisotopic (exact) mass is 277 g/mol. The molecule has 3 N–H and O–H groups in total. The maximum Gasteiger partial charge on any atom is 0.124 e. The molecule has 2 rings (SSSR count). The summed E-state index contributed by atoms with van der Waals surface area (Å²) < 4.78 is 5.88. The smallest absolute Gasteiger partial charge is 0.124 e. The summed E-state index contributed by atoms with van der Waals surface area (Å²) >= 11 is 0. The number of hydrogen-bond donors (Lipinski definition) is 2. The first-order valence-corrected chi connectivity index (χ1v) is 7.60. The predicted octanol–water partition coefficient (Wildman–Crippen LogP) is 1.73. The van der Waals surface area contributed by atoms with Gasteiger partial charge in [-0.25, -0.2) is 0 Å². The molecule has 0 spiro atoms. The van der Waals surface area contributed by atoms with Crippen molar-refractivity contribution in [2.24, 2.45) is 5.73 Å². The van der Waals surface area contributed by atoms with Gasteiger partial charge in [-0.2, -0.15) is 0 Å². The molecule has 1 aromatic carbocycles. The standard InChI is InChI=1S/C16H27N3O/c1-13(2)20-16-10-14(4-5-15(16)11-17)12-19-8-3-6-18-7-9-19/h4-5,10,13,18H,3,6-9,11-12,17H2,1-2H3. The Morgan fingerprint density at radius 3 is 2.90 bits per heavy atom. The van der Waals surface area contributed by atoms with E-state index in [2.05, 4.69) is 28.4 Å². The minimum Gasteiger partial charge on any atom is -0.491 e. The van der Waals surface area contributed by atoms with E-state index in [0.717, 1.165) is 44.0 Å². The predicted molar refractivity (Wildman–Crippen MR) is 82.9 cm³/mol. The lowest BCUT2D eigenvalue weighted by molar-refractivity contribution is 0.238. The van der Waals surface area contributed by atoms with E-state index < -0.39 is 0 Å². The summed E-state index contributed by atoms with van der Waals surface area (Å²) in [5, 5.41) is 3.44. The van der Waals surface area contributed by atoms with E-state index in [0.29, 0.717) is 6.54 Å². The van der Waals surface area contributed by atoms with E-state index in [1.165, 1.54) is 12.0 Å². The van der Waals surface area contributed by atoms with E-state index in [9.17, 15) is 0 Å². The second-order valence-electron chi connectivity index (χ2n) is 5.69. The van der Waals surface area contributed by atoms with Crippen LogP contribution >= 0.6 is 0 Å². The SMILES string of the molecule is CC(C)Oc1cc(CN2CCCNCC2)ccc1CN. The van der Waals surface area contributed by atoms with Crippen molar-refractivity contribution in [1.29, 1.82) is 0 Å². The van der Waals surface area contributed by atoms with Crippen molar-refractivity contribution in [3.05, 3.63) is 29.3 Å². The zero-order valence-corrected chi connectivity index (χ0v) is 12.7. The van der Waals surface area contributed by atoms with Gasteiger partial charge in [0.05, 0.1) is 6.10 Å². The van der Waals surface area contributed by atoms with Crippen molar-refractivity contribution in [2.75, 3.05) is 26.2 Å². The Balaban J connectivity index is 2.07. The number of benzene rings is 1. The molecule has 0 aromatic heterocycles. The Bertz CT molecular complexity index is 412.